The lowest BCUT2D eigenvalue weighted by atomic mass is 9.89. The fraction of sp³-hybridized carbons (Fsp3) is 0.571. The van der Waals surface area contributed by atoms with E-state index in [1.54, 1.807) is 6.07 Å². The summed E-state index contributed by atoms with van der Waals surface area (Å²) in [4.78, 5) is 12.4. The van der Waals surface area contributed by atoms with Crippen molar-refractivity contribution < 1.29 is 4.79 Å². The number of benzene rings is 1. The van der Waals surface area contributed by atoms with Crippen molar-refractivity contribution in [3.05, 3.63) is 29.8 Å². The third kappa shape index (κ3) is 4.93. The molecule has 2 aliphatic rings. The maximum atomic E-state index is 12.4. The second kappa shape index (κ2) is 8.97. The minimum atomic E-state index is -0.169. The highest BCUT2D eigenvalue weighted by atomic mass is 16.2. The Kier molecular flexibility index (Phi) is 6.42. The third-order valence-electron chi connectivity index (χ3n) is 5.53. The van der Waals surface area contributed by atoms with Crippen LogP contribution in [0.15, 0.2) is 34.5 Å². The van der Waals surface area contributed by atoms with Crippen molar-refractivity contribution in [2.45, 2.75) is 65.2 Å². The van der Waals surface area contributed by atoms with E-state index in [4.69, 9.17) is 0 Å². The fourth-order valence-corrected chi connectivity index (χ4v) is 3.72. The second-order valence-electron chi connectivity index (χ2n) is 7.63. The van der Waals surface area contributed by atoms with Gasteiger partial charge in [0.1, 0.15) is 0 Å². The number of amides is 1. The number of hydrogen-bond acceptors (Lipinski definition) is 4. The molecule has 0 bridgehead atoms. The first-order chi connectivity index (χ1) is 12.6. The molecule has 1 amide bonds. The van der Waals surface area contributed by atoms with Crippen LogP contribution in [0.25, 0.3) is 0 Å². The Bertz CT molecular complexity index is 695. The molecule has 2 saturated carbocycles. The van der Waals surface area contributed by atoms with Crippen LogP contribution in [0.4, 0.5) is 5.69 Å². The summed E-state index contributed by atoms with van der Waals surface area (Å²) in [6.45, 7) is 4.41. The number of nitrogens with one attached hydrogen (secondary N) is 2. The lowest BCUT2D eigenvalue weighted by Crippen LogP contribution is -2.24. The number of rotatable bonds is 4. The van der Waals surface area contributed by atoms with Gasteiger partial charge in [0.25, 0.3) is 5.91 Å². The summed E-state index contributed by atoms with van der Waals surface area (Å²) in [7, 11) is 0. The van der Waals surface area contributed by atoms with Crippen LogP contribution in [0.1, 0.15) is 75.6 Å². The van der Waals surface area contributed by atoms with Gasteiger partial charge < -0.3 is 0 Å². The van der Waals surface area contributed by atoms with Crippen LogP contribution in [0.5, 0.6) is 0 Å². The summed E-state index contributed by atoms with van der Waals surface area (Å²) in [5.41, 5.74) is 9.61. The summed E-state index contributed by atoms with van der Waals surface area (Å²) in [6.07, 6.45) is 9.33. The van der Waals surface area contributed by atoms with E-state index >= 15 is 0 Å². The van der Waals surface area contributed by atoms with Crippen LogP contribution >= 0.6 is 0 Å². The van der Waals surface area contributed by atoms with Crippen LogP contribution in [0, 0.1) is 11.8 Å². The molecule has 26 heavy (non-hydrogen) atoms. The predicted molar refractivity (Wildman–Crippen MR) is 108 cm³/mol. The quantitative estimate of drug-likeness (QED) is 0.751. The van der Waals surface area contributed by atoms with E-state index in [0.29, 0.717) is 17.4 Å². The average molecular weight is 354 g/mol. The zero-order valence-electron chi connectivity index (χ0n) is 15.9. The predicted octanol–water partition coefficient (Wildman–Crippen LogP) is 4.96. The molecule has 0 radical (unpaired) electrons. The zero-order chi connectivity index (χ0) is 18.4. The molecule has 0 aliphatic heterocycles. The first-order valence-electron chi connectivity index (χ1n) is 9.93. The van der Waals surface area contributed by atoms with Gasteiger partial charge in [-0.05, 0) is 68.6 Å². The molecule has 0 heterocycles. The molecule has 0 aromatic heterocycles. The molecular weight excluding hydrogens is 324 g/mol. The molecule has 3 rings (SSSR count). The Labute approximate surface area is 156 Å². The number of anilines is 1. The van der Waals surface area contributed by atoms with Crippen molar-refractivity contribution in [2.75, 3.05) is 5.43 Å². The fourth-order valence-electron chi connectivity index (χ4n) is 3.72. The molecule has 2 N–H and O–H groups in total. The molecule has 1 aromatic rings. The van der Waals surface area contributed by atoms with Gasteiger partial charge in [-0.2, -0.15) is 10.2 Å². The van der Waals surface area contributed by atoms with Gasteiger partial charge >= 0.3 is 0 Å². The normalized spacial score (nSPS) is 26.7. The monoisotopic (exact) mass is 354 g/mol. The zero-order valence-corrected chi connectivity index (χ0v) is 15.9. The molecule has 0 spiro atoms. The Balaban J connectivity index is 1.62. The Morgan fingerprint density at radius 3 is 2.27 bits per heavy atom. The molecule has 2 atom stereocenters. The number of nitrogens with zero attached hydrogens (tertiary/aromatic N) is 2. The van der Waals surface area contributed by atoms with Crippen molar-refractivity contribution in [1.29, 1.82) is 0 Å². The highest BCUT2D eigenvalue weighted by Gasteiger charge is 2.17. The van der Waals surface area contributed by atoms with Crippen LogP contribution in [-0.2, 0) is 0 Å². The maximum Gasteiger partial charge on any atom is 0.271 e. The number of carbonyl (C=O) groups excluding carboxylic acids is 1. The largest absolute Gasteiger partial charge is 0.279 e. The van der Waals surface area contributed by atoms with Crippen molar-refractivity contribution in [1.82, 2.24) is 5.43 Å². The molecule has 5 nitrogen and oxygen atoms in total. The molecule has 0 unspecified atom stereocenters. The SMILES string of the molecule is C[C@@H]1CCCCC1=NNc1cccc(C(=O)N/N=C2/CCCC[C@H]2C)c1. The van der Waals surface area contributed by atoms with Crippen LogP contribution in [-0.4, -0.2) is 17.3 Å². The number of hydrogen-bond donors (Lipinski definition) is 2. The number of hydrazone groups is 2. The summed E-state index contributed by atoms with van der Waals surface area (Å²) in [6, 6.07) is 7.44. The Morgan fingerprint density at radius 1 is 0.962 bits per heavy atom. The third-order valence-corrected chi connectivity index (χ3v) is 5.53. The summed E-state index contributed by atoms with van der Waals surface area (Å²) < 4.78 is 0. The van der Waals surface area contributed by atoms with Gasteiger partial charge in [-0.15, -0.1) is 0 Å². The maximum absolute atomic E-state index is 12.4. The van der Waals surface area contributed by atoms with Gasteiger partial charge in [0.2, 0.25) is 0 Å². The van der Waals surface area contributed by atoms with E-state index in [1.807, 2.05) is 18.2 Å². The van der Waals surface area contributed by atoms with Gasteiger partial charge in [-0.1, -0.05) is 32.8 Å². The van der Waals surface area contributed by atoms with Crippen molar-refractivity contribution in [2.24, 2.45) is 22.0 Å². The average Bonchev–Trinajstić information content (AvgIpc) is 2.67. The van der Waals surface area contributed by atoms with E-state index < -0.39 is 0 Å². The highest BCUT2D eigenvalue weighted by molar-refractivity contribution is 5.96. The topological polar surface area (TPSA) is 65.8 Å². The molecule has 2 fully saturated rings. The molecule has 5 heteroatoms. The highest BCUT2D eigenvalue weighted by Crippen LogP contribution is 2.22. The van der Waals surface area contributed by atoms with E-state index in [9.17, 15) is 4.79 Å². The minimum absolute atomic E-state index is 0.169. The second-order valence-corrected chi connectivity index (χ2v) is 7.63. The van der Waals surface area contributed by atoms with Crippen molar-refractivity contribution in [3.63, 3.8) is 0 Å². The Hall–Kier alpha value is -2.17. The van der Waals surface area contributed by atoms with Gasteiger partial charge in [0.15, 0.2) is 0 Å². The lowest BCUT2D eigenvalue weighted by Gasteiger charge is -2.20. The van der Waals surface area contributed by atoms with Crippen LogP contribution < -0.4 is 10.9 Å². The standard InChI is InChI=1S/C21H30N4O/c1-15-8-3-5-12-19(15)23-22-18-11-7-10-17(14-18)21(26)25-24-20-13-6-4-9-16(20)2/h7,10-11,14-16,22H,3-6,8-9,12-13H2,1-2H3,(H,25,26)/b23-19?,24-20-/t15-,16-/m1/s1. The van der Waals surface area contributed by atoms with E-state index in [2.05, 4.69) is 34.9 Å². The van der Waals surface area contributed by atoms with Crippen LogP contribution in [0.2, 0.25) is 0 Å². The lowest BCUT2D eigenvalue weighted by molar-refractivity contribution is 0.0954. The molecule has 140 valence electrons. The summed E-state index contributed by atoms with van der Waals surface area (Å²) >= 11 is 0. The van der Waals surface area contributed by atoms with Gasteiger partial charge in [-0.3, -0.25) is 10.2 Å². The molecule has 0 saturated heterocycles. The van der Waals surface area contributed by atoms with Crippen molar-refractivity contribution >= 4 is 23.0 Å². The molecule has 1 aromatic carbocycles. The molecular formula is C21H30N4O. The van der Waals surface area contributed by atoms with Gasteiger partial charge in [0.05, 0.1) is 5.69 Å². The first kappa shape index (κ1) is 18.6. The van der Waals surface area contributed by atoms with Gasteiger partial charge in [-0.25, -0.2) is 5.43 Å². The summed E-state index contributed by atoms with van der Waals surface area (Å²) in [5.74, 6) is 0.832. The molecule has 2 aliphatic carbocycles. The summed E-state index contributed by atoms with van der Waals surface area (Å²) in [5, 5.41) is 8.94. The number of carbonyl (C=O) groups is 1. The minimum Gasteiger partial charge on any atom is -0.279 e. The Morgan fingerprint density at radius 2 is 1.62 bits per heavy atom. The smallest absolute Gasteiger partial charge is 0.271 e. The van der Waals surface area contributed by atoms with Gasteiger partial charge in [0, 0.05) is 17.0 Å². The van der Waals surface area contributed by atoms with E-state index in [0.717, 1.165) is 37.1 Å². The van der Waals surface area contributed by atoms with Crippen LogP contribution in [0.3, 0.4) is 0 Å². The van der Waals surface area contributed by atoms with E-state index in [-0.39, 0.29) is 5.91 Å². The van der Waals surface area contributed by atoms with Crippen molar-refractivity contribution in [3.8, 4) is 0 Å². The first-order valence-corrected chi connectivity index (χ1v) is 9.93. The van der Waals surface area contributed by atoms with E-state index in [1.165, 1.54) is 31.4 Å².